The summed E-state index contributed by atoms with van der Waals surface area (Å²) in [7, 11) is -3.80. The van der Waals surface area contributed by atoms with E-state index in [2.05, 4.69) is 31.0 Å². The Morgan fingerprint density at radius 3 is 2.54 bits per heavy atom. The number of amides is 1. The number of sulfonamides is 1. The Balaban J connectivity index is 1.66. The average molecular weight is 460 g/mol. The molecule has 144 valence electrons. The zero-order valence-electron chi connectivity index (χ0n) is 14.8. The third-order valence-electron chi connectivity index (χ3n) is 3.92. The van der Waals surface area contributed by atoms with Gasteiger partial charge in [-0.15, -0.1) is 0 Å². The van der Waals surface area contributed by atoms with E-state index in [1.165, 1.54) is 12.1 Å². The van der Waals surface area contributed by atoms with Crippen molar-refractivity contribution in [2.24, 2.45) is 0 Å². The molecule has 6 nitrogen and oxygen atoms in total. The zero-order valence-corrected chi connectivity index (χ0v) is 17.2. The first kappa shape index (κ1) is 20.0. The van der Waals surface area contributed by atoms with Crippen LogP contribution < -0.4 is 10.0 Å². The highest BCUT2D eigenvalue weighted by Crippen LogP contribution is 2.19. The predicted molar refractivity (Wildman–Crippen MR) is 112 cm³/mol. The molecule has 3 aromatic rings. The summed E-state index contributed by atoms with van der Waals surface area (Å²) in [6, 6.07) is 16.5. The molecule has 0 fully saturated rings. The van der Waals surface area contributed by atoms with Crippen molar-refractivity contribution in [1.29, 1.82) is 0 Å². The molecule has 1 aromatic heterocycles. The number of carbonyl (C=O) groups is 1. The molecule has 3 rings (SSSR count). The molecule has 0 aliphatic carbocycles. The molecule has 8 heteroatoms. The molecular formula is C20H18BrN3O3S. The lowest BCUT2D eigenvalue weighted by molar-refractivity contribution is 0.0954. The zero-order chi connectivity index (χ0) is 20.0. The highest BCUT2D eigenvalue weighted by molar-refractivity contribution is 9.10. The van der Waals surface area contributed by atoms with Crippen LogP contribution in [0.3, 0.4) is 0 Å². The van der Waals surface area contributed by atoms with Gasteiger partial charge in [0.15, 0.2) is 0 Å². The Bertz CT molecular complexity index is 1060. The number of pyridine rings is 1. The van der Waals surface area contributed by atoms with Crippen LogP contribution in [0.5, 0.6) is 0 Å². The lowest BCUT2D eigenvalue weighted by Gasteiger charge is -2.10. The van der Waals surface area contributed by atoms with Gasteiger partial charge < -0.3 is 5.32 Å². The minimum absolute atomic E-state index is 0.0235. The second-order valence-electron chi connectivity index (χ2n) is 6.01. The molecule has 0 atom stereocenters. The summed E-state index contributed by atoms with van der Waals surface area (Å²) >= 11 is 3.31. The Morgan fingerprint density at radius 1 is 1.04 bits per heavy atom. The van der Waals surface area contributed by atoms with Gasteiger partial charge in [-0.25, -0.2) is 8.42 Å². The lowest BCUT2D eigenvalue weighted by atomic mass is 10.2. The summed E-state index contributed by atoms with van der Waals surface area (Å²) in [6.45, 7) is 0.429. The topological polar surface area (TPSA) is 88.2 Å². The van der Waals surface area contributed by atoms with Crippen molar-refractivity contribution in [3.05, 3.63) is 88.7 Å². The van der Waals surface area contributed by atoms with E-state index in [9.17, 15) is 13.2 Å². The van der Waals surface area contributed by atoms with E-state index in [1.54, 1.807) is 48.8 Å². The summed E-state index contributed by atoms with van der Waals surface area (Å²) in [4.78, 5) is 16.4. The van der Waals surface area contributed by atoms with Gasteiger partial charge in [-0.05, 0) is 60.5 Å². The molecule has 0 bridgehead atoms. The highest BCUT2D eigenvalue weighted by atomic mass is 79.9. The van der Waals surface area contributed by atoms with Crippen LogP contribution in [0.15, 0.2) is 82.4 Å². The SMILES string of the molecule is O=C(NCCc1cccnc1)c1cccc(S(=O)(=O)Nc2ccc(Br)cc2)c1. The van der Waals surface area contributed by atoms with Crippen LogP contribution >= 0.6 is 15.9 Å². The summed E-state index contributed by atoms with van der Waals surface area (Å²) < 4.78 is 28.6. The maximum absolute atomic E-state index is 12.6. The molecule has 1 amide bonds. The fourth-order valence-electron chi connectivity index (χ4n) is 2.50. The van der Waals surface area contributed by atoms with Crippen molar-refractivity contribution >= 4 is 37.5 Å². The van der Waals surface area contributed by atoms with E-state index in [0.29, 0.717) is 18.7 Å². The summed E-state index contributed by atoms with van der Waals surface area (Å²) in [5, 5.41) is 2.79. The number of anilines is 1. The molecule has 0 unspecified atom stereocenters. The normalized spacial score (nSPS) is 11.0. The quantitative estimate of drug-likeness (QED) is 0.564. The molecule has 2 aromatic carbocycles. The monoisotopic (exact) mass is 459 g/mol. The molecule has 0 aliphatic heterocycles. The van der Waals surface area contributed by atoms with Crippen LogP contribution in [0, 0.1) is 0 Å². The summed E-state index contributed by atoms with van der Waals surface area (Å²) in [6.07, 6.45) is 4.08. The van der Waals surface area contributed by atoms with E-state index >= 15 is 0 Å². The molecule has 0 radical (unpaired) electrons. The standard InChI is InChI=1S/C20H18BrN3O3S/c21-17-6-8-18(9-7-17)24-28(26,27)19-5-1-4-16(13-19)20(25)23-12-10-15-3-2-11-22-14-15/h1-9,11,13-14,24H,10,12H2,(H,23,25). The lowest BCUT2D eigenvalue weighted by Crippen LogP contribution is -2.26. The van der Waals surface area contributed by atoms with Gasteiger partial charge in [0.05, 0.1) is 4.90 Å². The molecule has 2 N–H and O–H groups in total. The number of halogens is 1. The first-order chi connectivity index (χ1) is 13.4. The number of benzene rings is 2. The van der Waals surface area contributed by atoms with E-state index in [0.717, 1.165) is 10.0 Å². The number of carbonyl (C=O) groups excluding carboxylic acids is 1. The molecule has 1 heterocycles. The van der Waals surface area contributed by atoms with Crippen LogP contribution in [-0.2, 0) is 16.4 Å². The maximum atomic E-state index is 12.6. The van der Waals surface area contributed by atoms with Crippen molar-refractivity contribution in [2.45, 2.75) is 11.3 Å². The molecule has 0 spiro atoms. The third-order valence-corrected chi connectivity index (χ3v) is 5.83. The Labute approximate surface area is 172 Å². The van der Waals surface area contributed by atoms with Gasteiger partial charge >= 0.3 is 0 Å². The van der Waals surface area contributed by atoms with Gasteiger partial charge in [-0.3, -0.25) is 14.5 Å². The summed E-state index contributed by atoms with van der Waals surface area (Å²) in [5.41, 5.74) is 1.73. The van der Waals surface area contributed by atoms with Gasteiger partial charge in [0.25, 0.3) is 15.9 Å². The Kier molecular flexibility index (Phi) is 6.43. The van der Waals surface area contributed by atoms with Crippen LogP contribution in [0.1, 0.15) is 15.9 Å². The second kappa shape index (κ2) is 8.99. The van der Waals surface area contributed by atoms with Crippen LogP contribution in [0.4, 0.5) is 5.69 Å². The predicted octanol–water partition coefficient (Wildman–Crippen LogP) is 3.62. The number of hydrogen-bond acceptors (Lipinski definition) is 4. The largest absolute Gasteiger partial charge is 0.352 e. The van der Waals surface area contributed by atoms with Crippen molar-refractivity contribution in [1.82, 2.24) is 10.3 Å². The van der Waals surface area contributed by atoms with Gasteiger partial charge in [0, 0.05) is 34.7 Å². The number of rotatable bonds is 7. The fraction of sp³-hybridized carbons (Fsp3) is 0.100. The first-order valence-electron chi connectivity index (χ1n) is 8.49. The average Bonchev–Trinajstić information content (AvgIpc) is 2.70. The smallest absolute Gasteiger partial charge is 0.261 e. The first-order valence-corrected chi connectivity index (χ1v) is 10.8. The number of nitrogens with one attached hydrogen (secondary N) is 2. The molecule has 0 saturated heterocycles. The van der Waals surface area contributed by atoms with Gasteiger partial charge in [0.2, 0.25) is 0 Å². The van der Waals surface area contributed by atoms with Crippen molar-refractivity contribution < 1.29 is 13.2 Å². The van der Waals surface area contributed by atoms with Crippen molar-refractivity contribution in [2.75, 3.05) is 11.3 Å². The Hall–Kier alpha value is -2.71. The maximum Gasteiger partial charge on any atom is 0.261 e. The number of hydrogen-bond donors (Lipinski definition) is 2. The van der Waals surface area contributed by atoms with E-state index in [-0.39, 0.29) is 16.4 Å². The minimum atomic E-state index is -3.80. The molecular weight excluding hydrogens is 442 g/mol. The second-order valence-corrected chi connectivity index (χ2v) is 8.61. The molecule has 0 saturated carbocycles. The van der Waals surface area contributed by atoms with Gasteiger partial charge in [0.1, 0.15) is 0 Å². The van der Waals surface area contributed by atoms with Crippen molar-refractivity contribution in [3.8, 4) is 0 Å². The van der Waals surface area contributed by atoms with E-state index in [4.69, 9.17) is 0 Å². The van der Waals surface area contributed by atoms with E-state index in [1.807, 2.05) is 12.1 Å². The van der Waals surface area contributed by atoms with Crippen LogP contribution in [-0.4, -0.2) is 25.9 Å². The van der Waals surface area contributed by atoms with Crippen molar-refractivity contribution in [3.63, 3.8) is 0 Å². The van der Waals surface area contributed by atoms with Crippen LogP contribution in [0.25, 0.3) is 0 Å². The molecule has 28 heavy (non-hydrogen) atoms. The summed E-state index contributed by atoms with van der Waals surface area (Å²) in [5.74, 6) is -0.329. The van der Waals surface area contributed by atoms with Gasteiger partial charge in [-0.2, -0.15) is 0 Å². The third kappa shape index (κ3) is 5.40. The van der Waals surface area contributed by atoms with E-state index < -0.39 is 10.0 Å². The molecule has 0 aliphatic rings. The van der Waals surface area contributed by atoms with Crippen LogP contribution in [0.2, 0.25) is 0 Å². The minimum Gasteiger partial charge on any atom is -0.352 e. The Morgan fingerprint density at radius 2 is 1.82 bits per heavy atom. The fourth-order valence-corrected chi connectivity index (χ4v) is 3.87. The highest BCUT2D eigenvalue weighted by Gasteiger charge is 2.16. The number of nitrogens with zero attached hydrogens (tertiary/aromatic N) is 1. The van der Waals surface area contributed by atoms with Gasteiger partial charge in [-0.1, -0.05) is 28.1 Å². The number of aromatic nitrogens is 1.